The number of hydrogen-bond acceptors (Lipinski definition) is 5. The molecule has 1 aromatic heterocycles. The first-order chi connectivity index (χ1) is 13.5. The number of likely N-dealkylation sites (tertiary alicyclic amines) is 1. The van der Waals surface area contributed by atoms with Gasteiger partial charge in [0.1, 0.15) is 0 Å². The number of aromatic nitrogens is 1. The molecule has 1 atom stereocenters. The van der Waals surface area contributed by atoms with E-state index in [0.29, 0.717) is 25.4 Å². The SMILES string of the molecule is COC(=O)CCC(=O)N1CCC[C@@H](CCC(=O)N(C)CCc2ccccn2)C1. The molecule has 0 radical (unpaired) electrons. The highest BCUT2D eigenvalue weighted by molar-refractivity contribution is 5.81. The van der Waals surface area contributed by atoms with E-state index in [1.165, 1.54) is 7.11 Å². The third-order valence-electron chi connectivity index (χ3n) is 5.26. The Hall–Kier alpha value is -2.44. The van der Waals surface area contributed by atoms with Gasteiger partial charge < -0.3 is 14.5 Å². The van der Waals surface area contributed by atoms with E-state index < -0.39 is 0 Å². The minimum atomic E-state index is -0.360. The van der Waals surface area contributed by atoms with Gasteiger partial charge in [-0.15, -0.1) is 0 Å². The fourth-order valence-electron chi connectivity index (χ4n) is 3.47. The van der Waals surface area contributed by atoms with Gasteiger partial charge in [-0.3, -0.25) is 19.4 Å². The van der Waals surface area contributed by atoms with Crippen LogP contribution in [0, 0.1) is 5.92 Å². The zero-order valence-electron chi connectivity index (χ0n) is 16.9. The van der Waals surface area contributed by atoms with E-state index in [-0.39, 0.29) is 30.6 Å². The van der Waals surface area contributed by atoms with Gasteiger partial charge in [0.05, 0.1) is 13.5 Å². The molecule has 154 valence electrons. The van der Waals surface area contributed by atoms with E-state index in [1.54, 1.807) is 11.1 Å². The van der Waals surface area contributed by atoms with E-state index in [1.807, 2.05) is 30.1 Å². The summed E-state index contributed by atoms with van der Waals surface area (Å²) in [6.07, 6.45) is 6.07. The van der Waals surface area contributed by atoms with E-state index in [4.69, 9.17) is 0 Å². The van der Waals surface area contributed by atoms with Crippen LogP contribution < -0.4 is 0 Å². The molecule has 2 amide bonds. The molecule has 28 heavy (non-hydrogen) atoms. The maximum Gasteiger partial charge on any atom is 0.306 e. The van der Waals surface area contributed by atoms with Gasteiger partial charge in [-0.05, 0) is 37.3 Å². The van der Waals surface area contributed by atoms with Crippen LogP contribution in [0.15, 0.2) is 24.4 Å². The quantitative estimate of drug-likeness (QED) is 0.604. The Labute approximate surface area is 167 Å². The first-order valence-electron chi connectivity index (χ1n) is 9.98. The van der Waals surface area contributed by atoms with Gasteiger partial charge in [0.2, 0.25) is 11.8 Å². The highest BCUT2D eigenvalue weighted by Gasteiger charge is 2.24. The summed E-state index contributed by atoms with van der Waals surface area (Å²) in [5.74, 6) is 0.101. The van der Waals surface area contributed by atoms with Crippen LogP contribution in [0.4, 0.5) is 0 Å². The largest absolute Gasteiger partial charge is 0.469 e. The van der Waals surface area contributed by atoms with Crippen molar-refractivity contribution in [3.05, 3.63) is 30.1 Å². The van der Waals surface area contributed by atoms with Crippen LogP contribution in [0.2, 0.25) is 0 Å². The van der Waals surface area contributed by atoms with E-state index in [0.717, 1.165) is 37.9 Å². The Kier molecular flexibility index (Phi) is 8.91. The molecule has 7 nitrogen and oxygen atoms in total. The van der Waals surface area contributed by atoms with Crippen molar-refractivity contribution in [2.75, 3.05) is 33.8 Å². The number of carbonyl (C=O) groups is 3. The molecule has 0 aromatic carbocycles. The normalized spacial score (nSPS) is 16.5. The van der Waals surface area contributed by atoms with Crippen molar-refractivity contribution in [1.29, 1.82) is 0 Å². The Bertz CT molecular complexity index is 650. The fraction of sp³-hybridized carbons (Fsp3) is 0.619. The number of esters is 1. The van der Waals surface area contributed by atoms with Gasteiger partial charge in [0, 0.05) is 57.8 Å². The standard InChI is InChI=1S/C21H31N3O4/c1-23(15-12-18-7-3-4-13-22-18)19(25)9-8-17-6-5-14-24(16-17)20(26)10-11-21(27)28-2/h3-4,7,13,17H,5-6,8-12,14-16H2,1-2H3/t17-/m0/s1. The van der Waals surface area contributed by atoms with Gasteiger partial charge in [0.25, 0.3) is 0 Å². The first kappa shape index (κ1) is 21.9. The predicted octanol–water partition coefficient (Wildman–Crippen LogP) is 2.05. The number of carbonyl (C=O) groups excluding carboxylic acids is 3. The Morgan fingerprint density at radius 2 is 2.07 bits per heavy atom. The van der Waals surface area contributed by atoms with Crippen LogP contribution in [0.1, 0.15) is 44.2 Å². The van der Waals surface area contributed by atoms with Crippen molar-refractivity contribution in [2.45, 2.75) is 44.9 Å². The summed E-state index contributed by atoms with van der Waals surface area (Å²) in [5, 5.41) is 0. The predicted molar refractivity (Wildman–Crippen MR) is 105 cm³/mol. The van der Waals surface area contributed by atoms with Crippen LogP contribution >= 0.6 is 0 Å². The van der Waals surface area contributed by atoms with Crippen molar-refractivity contribution < 1.29 is 19.1 Å². The molecule has 0 spiro atoms. The second-order valence-corrected chi connectivity index (χ2v) is 7.35. The molecule has 2 heterocycles. The Morgan fingerprint density at radius 1 is 1.25 bits per heavy atom. The summed E-state index contributed by atoms with van der Waals surface area (Å²) in [6.45, 7) is 2.05. The molecule has 1 aliphatic rings. The number of ether oxygens (including phenoxy) is 1. The minimum absolute atomic E-state index is 0.00564. The summed E-state index contributed by atoms with van der Waals surface area (Å²) < 4.78 is 4.59. The van der Waals surface area contributed by atoms with E-state index in [9.17, 15) is 14.4 Å². The Morgan fingerprint density at radius 3 is 2.79 bits per heavy atom. The molecule has 1 aliphatic heterocycles. The minimum Gasteiger partial charge on any atom is -0.469 e. The van der Waals surface area contributed by atoms with Crippen molar-refractivity contribution in [3.8, 4) is 0 Å². The van der Waals surface area contributed by atoms with Crippen LogP contribution in [-0.4, -0.2) is 66.4 Å². The Balaban J connectivity index is 1.70. The topological polar surface area (TPSA) is 79.8 Å². The monoisotopic (exact) mass is 389 g/mol. The highest BCUT2D eigenvalue weighted by atomic mass is 16.5. The number of methoxy groups -OCH3 is 1. The molecule has 1 saturated heterocycles. The zero-order valence-corrected chi connectivity index (χ0v) is 16.9. The van der Waals surface area contributed by atoms with Gasteiger partial charge in [-0.1, -0.05) is 6.07 Å². The van der Waals surface area contributed by atoms with E-state index >= 15 is 0 Å². The lowest BCUT2D eigenvalue weighted by molar-refractivity contribution is -0.144. The summed E-state index contributed by atoms with van der Waals surface area (Å²) in [4.78, 5) is 43.8. The lowest BCUT2D eigenvalue weighted by Crippen LogP contribution is -2.40. The smallest absolute Gasteiger partial charge is 0.306 e. The van der Waals surface area contributed by atoms with Gasteiger partial charge in [-0.2, -0.15) is 0 Å². The number of rotatable bonds is 9. The second-order valence-electron chi connectivity index (χ2n) is 7.35. The molecule has 0 unspecified atom stereocenters. The molecule has 7 heteroatoms. The van der Waals surface area contributed by atoms with Crippen molar-refractivity contribution in [2.24, 2.45) is 5.92 Å². The van der Waals surface area contributed by atoms with Gasteiger partial charge in [0.15, 0.2) is 0 Å². The van der Waals surface area contributed by atoms with Crippen LogP contribution in [0.5, 0.6) is 0 Å². The summed E-state index contributed by atoms with van der Waals surface area (Å²) in [5.41, 5.74) is 0.982. The molecule has 0 saturated carbocycles. The van der Waals surface area contributed by atoms with E-state index in [2.05, 4.69) is 9.72 Å². The van der Waals surface area contributed by atoms with Crippen LogP contribution in [0.25, 0.3) is 0 Å². The van der Waals surface area contributed by atoms with Crippen molar-refractivity contribution >= 4 is 17.8 Å². The van der Waals surface area contributed by atoms with Crippen molar-refractivity contribution in [1.82, 2.24) is 14.8 Å². The number of hydrogen-bond donors (Lipinski definition) is 0. The lowest BCUT2D eigenvalue weighted by atomic mass is 9.93. The van der Waals surface area contributed by atoms with Gasteiger partial charge >= 0.3 is 5.97 Å². The molecule has 1 fully saturated rings. The number of likely N-dealkylation sites (N-methyl/N-ethyl adjacent to an activating group) is 1. The molecule has 1 aromatic rings. The average Bonchev–Trinajstić information content (AvgIpc) is 2.74. The maximum absolute atomic E-state index is 12.4. The molecule has 0 aliphatic carbocycles. The average molecular weight is 389 g/mol. The van der Waals surface area contributed by atoms with Crippen LogP contribution in [0.3, 0.4) is 0 Å². The number of piperidine rings is 1. The summed E-state index contributed by atoms with van der Waals surface area (Å²) >= 11 is 0. The fourth-order valence-corrected chi connectivity index (χ4v) is 3.47. The highest BCUT2D eigenvalue weighted by Crippen LogP contribution is 2.22. The summed E-state index contributed by atoms with van der Waals surface area (Å²) in [6, 6.07) is 5.80. The maximum atomic E-state index is 12.4. The molecular formula is C21H31N3O4. The molecule has 0 N–H and O–H groups in total. The number of amides is 2. The summed E-state index contributed by atoms with van der Waals surface area (Å²) in [7, 11) is 3.16. The van der Waals surface area contributed by atoms with Crippen molar-refractivity contribution in [3.63, 3.8) is 0 Å². The first-order valence-corrected chi connectivity index (χ1v) is 9.98. The molecule has 0 bridgehead atoms. The van der Waals surface area contributed by atoms with Crippen LogP contribution in [-0.2, 0) is 25.5 Å². The third kappa shape index (κ3) is 7.29. The lowest BCUT2D eigenvalue weighted by Gasteiger charge is -2.33. The molecule has 2 rings (SSSR count). The number of pyridine rings is 1. The molecular weight excluding hydrogens is 358 g/mol. The number of nitrogens with zero attached hydrogens (tertiary/aromatic N) is 3. The third-order valence-corrected chi connectivity index (χ3v) is 5.26. The zero-order chi connectivity index (χ0) is 20.4. The van der Waals surface area contributed by atoms with Gasteiger partial charge in [-0.25, -0.2) is 0 Å². The second kappa shape index (κ2) is 11.4.